The van der Waals surface area contributed by atoms with Crippen LogP contribution < -0.4 is 20.1 Å². The number of amides is 1. The summed E-state index contributed by atoms with van der Waals surface area (Å²) in [6.07, 6.45) is 1.54. The normalized spacial score (nSPS) is 11.9. The van der Waals surface area contributed by atoms with Crippen LogP contribution in [0.15, 0.2) is 60.8 Å². The van der Waals surface area contributed by atoms with Crippen molar-refractivity contribution in [2.45, 2.75) is 6.54 Å². The third kappa shape index (κ3) is 3.98. The Morgan fingerprint density at radius 3 is 2.78 bits per heavy atom. The maximum atomic E-state index is 13.2. The number of hydrogen-bond acceptors (Lipinski definition) is 5. The Hall–Kier alpha value is -3.61. The molecular formula is C20H16FN3O3. The molecule has 2 N–H and O–H groups in total. The van der Waals surface area contributed by atoms with Gasteiger partial charge in [-0.05, 0) is 48.0 Å². The zero-order valence-electron chi connectivity index (χ0n) is 14.2. The molecular weight excluding hydrogens is 349 g/mol. The molecule has 3 aromatic rings. The van der Waals surface area contributed by atoms with Gasteiger partial charge in [0, 0.05) is 12.1 Å². The van der Waals surface area contributed by atoms with Crippen LogP contribution in [0.25, 0.3) is 0 Å². The number of fused-ring (bicyclic) bond motifs is 1. The lowest BCUT2D eigenvalue weighted by Gasteiger charge is -2.08. The maximum absolute atomic E-state index is 13.2. The first-order valence-electron chi connectivity index (χ1n) is 8.33. The van der Waals surface area contributed by atoms with Crippen molar-refractivity contribution in [3.63, 3.8) is 0 Å². The minimum Gasteiger partial charge on any atom is -0.454 e. The molecule has 2 aromatic carbocycles. The lowest BCUT2D eigenvalue weighted by atomic mass is 10.2. The average Bonchev–Trinajstić information content (AvgIpc) is 3.15. The number of ether oxygens (including phenoxy) is 2. The Labute approximate surface area is 155 Å². The van der Waals surface area contributed by atoms with Crippen molar-refractivity contribution >= 4 is 17.4 Å². The molecule has 7 heteroatoms. The van der Waals surface area contributed by atoms with Gasteiger partial charge in [-0.3, -0.25) is 4.79 Å². The van der Waals surface area contributed by atoms with Crippen LogP contribution >= 0.6 is 0 Å². The zero-order valence-corrected chi connectivity index (χ0v) is 14.2. The summed E-state index contributed by atoms with van der Waals surface area (Å²) in [5.41, 5.74) is 1.81. The van der Waals surface area contributed by atoms with Crippen LogP contribution in [0.4, 0.5) is 15.9 Å². The Bertz CT molecular complexity index is 976. The Kier molecular flexibility index (Phi) is 4.57. The Morgan fingerprint density at radius 1 is 1.07 bits per heavy atom. The first kappa shape index (κ1) is 16.8. The van der Waals surface area contributed by atoms with Crippen molar-refractivity contribution in [3.05, 3.63) is 77.7 Å². The van der Waals surface area contributed by atoms with Gasteiger partial charge in [0.15, 0.2) is 11.5 Å². The fourth-order valence-corrected chi connectivity index (χ4v) is 2.65. The zero-order chi connectivity index (χ0) is 18.6. The first-order valence-corrected chi connectivity index (χ1v) is 8.33. The van der Waals surface area contributed by atoms with E-state index in [2.05, 4.69) is 15.6 Å². The van der Waals surface area contributed by atoms with E-state index in [0.717, 1.165) is 17.1 Å². The summed E-state index contributed by atoms with van der Waals surface area (Å²) in [7, 11) is 0. The second-order valence-corrected chi connectivity index (χ2v) is 5.94. The molecule has 2 heterocycles. The molecule has 0 aliphatic carbocycles. The van der Waals surface area contributed by atoms with E-state index in [1.807, 2.05) is 18.2 Å². The van der Waals surface area contributed by atoms with Gasteiger partial charge in [-0.2, -0.15) is 0 Å². The molecule has 6 nitrogen and oxygen atoms in total. The first-order chi connectivity index (χ1) is 13.2. The van der Waals surface area contributed by atoms with E-state index in [0.29, 0.717) is 18.1 Å². The summed E-state index contributed by atoms with van der Waals surface area (Å²) in [4.78, 5) is 16.4. The van der Waals surface area contributed by atoms with E-state index in [-0.39, 0.29) is 12.4 Å². The van der Waals surface area contributed by atoms with Crippen LogP contribution in [0, 0.1) is 5.82 Å². The van der Waals surface area contributed by atoms with Crippen molar-refractivity contribution in [1.29, 1.82) is 0 Å². The van der Waals surface area contributed by atoms with Gasteiger partial charge in [-0.15, -0.1) is 0 Å². The molecule has 1 aliphatic heterocycles. The van der Waals surface area contributed by atoms with Crippen molar-refractivity contribution in [2.75, 3.05) is 17.4 Å². The highest BCUT2D eigenvalue weighted by Gasteiger charge is 2.13. The fourth-order valence-electron chi connectivity index (χ4n) is 2.65. The van der Waals surface area contributed by atoms with Gasteiger partial charge in [0.25, 0.3) is 5.91 Å². The average molecular weight is 365 g/mol. The monoisotopic (exact) mass is 365 g/mol. The number of anilines is 2. The number of hydrogen-bond donors (Lipinski definition) is 2. The van der Waals surface area contributed by atoms with Gasteiger partial charge < -0.3 is 20.1 Å². The summed E-state index contributed by atoms with van der Waals surface area (Å²) >= 11 is 0. The van der Waals surface area contributed by atoms with E-state index in [9.17, 15) is 9.18 Å². The smallest absolute Gasteiger partial charge is 0.255 e. The predicted octanol–water partition coefficient (Wildman–Crippen LogP) is 3.81. The van der Waals surface area contributed by atoms with Crippen LogP contribution in [-0.2, 0) is 6.54 Å². The van der Waals surface area contributed by atoms with Gasteiger partial charge >= 0.3 is 0 Å². The fraction of sp³-hybridized carbons (Fsp3) is 0.100. The van der Waals surface area contributed by atoms with Gasteiger partial charge in [0.05, 0.1) is 11.9 Å². The third-order valence-corrected chi connectivity index (χ3v) is 4.02. The minimum absolute atomic E-state index is 0.247. The molecule has 0 saturated carbocycles. The topological polar surface area (TPSA) is 72.5 Å². The molecule has 0 spiro atoms. The Balaban J connectivity index is 1.35. The molecule has 27 heavy (non-hydrogen) atoms. The molecule has 0 radical (unpaired) electrons. The van der Waals surface area contributed by atoms with Crippen LogP contribution in [0.5, 0.6) is 11.5 Å². The molecule has 0 unspecified atom stereocenters. The Morgan fingerprint density at radius 2 is 1.96 bits per heavy atom. The van der Waals surface area contributed by atoms with Crippen LogP contribution in [0.3, 0.4) is 0 Å². The molecule has 136 valence electrons. The molecule has 0 bridgehead atoms. The quantitative estimate of drug-likeness (QED) is 0.719. The minimum atomic E-state index is -0.455. The van der Waals surface area contributed by atoms with E-state index in [1.54, 1.807) is 24.4 Å². The number of aromatic nitrogens is 1. The largest absolute Gasteiger partial charge is 0.454 e. The van der Waals surface area contributed by atoms with E-state index in [4.69, 9.17) is 9.47 Å². The molecule has 0 atom stereocenters. The number of nitrogens with zero attached hydrogens (tertiary/aromatic N) is 1. The molecule has 1 aliphatic rings. The van der Waals surface area contributed by atoms with Gasteiger partial charge in [-0.1, -0.05) is 12.1 Å². The lowest BCUT2D eigenvalue weighted by molar-refractivity contribution is 0.102. The van der Waals surface area contributed by atoms with Crippen molar-refractivity contribution < 1.29 is 18.7 Å². The van der Waals surface area contributed by atoms with Crippen molar-refractivity contribution in [2.24, 2.45) is 0 Å². The van der Waals surface area contributed by atoms with Gasteiger partial charge in [0.2, 0.25) is 6.79 Å². The number of benzene rings is 2. The number of rotatable bonds is 5. The van der Waals surface area contributed by atoms with E-state index in [1.165, 1.54) is 18.2 Å². The standard InChI is InChI=1S/C20H16FN3O3/c21-15-3-1-2-14(9-15)20(25)24-16-5-7-19(23-11-16)22-10-13-4-6-17-18(8-13)27-12-26-17/h1-9,11H,10,12H2,(H,22,23)(H,24,25). The summed E-state index contributed by atoms with van der Waals surface area (Å²) < 4.78 is 23.8. The van der Waals surface area contributed by atoms with E-state index >= 15 is 0 Å². The highest BCUT2D eigenvalue weighted by Crippen LogP contribution is 2.32. The lowest BCUT2D eigenvalue weighted by Crippen LogP contribution is -2.12. The highest BCUT2D eigenvalue weighted by atomic mass is 19.1. The molecule has 1 amide bonds. The number of carbonyl (C=O) groups is 1. The molecule has 0 saturated heterocycles. The summed E-state index contributed by atoms with van der Waals surface area (Å²) in [6.45, 7) is 0.815. The highest BCUT2D eigenvalue weighted by molar-refractivity contribution is 6.04. The number of carbonyl (C=O) groups excluding carboxylic acids is 1. The summed E-state index contributed by atoms with van der Waals surface area (Å²) in [5.74, 6) is 1.30. The SMILES string of the molecule is O=C(Nc1ccc(NCc2ccc3c(c2)OCO3)nc1)c1cccc(F)c1. The summed E-state index contributed by atoms with van der Waals surface area (Å²) in [5, 5.41) is 5.89. The second-order valence-electron chi connectivity index (χ2n) is 5.94. The molecule has 4 rings (SSSR count). The van der Waals surface area contributed by atoms with Crippen molar-refractivity contribution in [1.82, 2.24) is 4.98 Å². The second kappa shape index (κ2) is 7.33. The van der Waals surface area contributed by atoms with Gasteiger partial charge in [-0.25, -0.2) is 9.37 Å². The third-order valence-electron chi connectivity index (χ3n) is 4.02. The van der Waals surface area contributed by atoms with Crippen molar-refractivity contribution in [3.8, 4) is 11.5 Å². The van der Waals surface area contributed by atoms with Crippen LogP contribution in [0.1, 0.15) is 15.9 Å². The number of nitrogens with one attached hydrogen (secondary N) is 2. The van der Waals surface area contributed by atoms with Crippen LogP contribution in [-0.4, -0.2) is 17.7 Å². The number of pyridine rings is 1. The van der Waals surface area contributed by atoms with E-state index < -0.39 is 11.7 Å². The maximum Gasteiger partial charge on any atom is 0.255 e. The predicted molar refractivity (Wildman–Crippen MR) is 98.5 cm³/mol. The molecule has 1 aromatic heterocycles. The number of halogens is 1. The molecule has 0 fully saturated rings. The van der Waals surface area contributed by atoms with Gasteiger partial charge in [0.1, 0.15) is 11.6 Å². The summed E-state index contributed by atoms with van der Waals surface area (Å²) in [6, 6.07) is 14.7. The van der Waals surface area contributed by atoms with Crippen LogP contribution in [0.2, 0.25) is 0 Å².